The highest BCUT2D eigenvalue weighted by Crippen LogP contribution is 2.19. The second kappa shape index (κ2) is 7.28. The lowest BCUT2D eigenvalue weighted by Crippen LogP contribution is -2.28. The fraction of sp³-hybridized carbons (Fsp3) is 0.643. The van der Waals surface area contributed by atoms with Crippen LogP contribution >= 0.6 is 0 Å². The molecule has 3 heteroatoms. The van der Waals surface area contributed by atoms with Crippen LogP contribution in [0.25, 0.3) is 0 Å². The van der Waals surface area contributed by atoms with Gasteiger partial charge in [-0.25, -0.2) is 4.98 Å². The van der Waals surface area contributed by atoms with E-state index in [0.29, 0.717) is 0 Å². The molecule has 0 fully saturated rings. The highest BCUT2D eigenvalue weighted by atomic mass is 15.2. The average molecular weight is 235 g/mol. The van der Waals surface area contributed by atoms with E-state index in [4.69, 9.17) is 5.73 Å². The average Bonchev–Trinajstić information content (AvgIpc) is 2.29. The van der Waals surface area contributed by atoms with Gasteiger partial charge in [0.15, 0.2) is 0 Å². The van der Waals surface area contributed by atoms with Gasteiger partial charge in [-0.15, -0.1) is 0 Å². The number of rotatable bonds is 7. The summed E-state index contributed by atoms with van der Waals surface area (Å²) in [6.45, 7) is 8.59. The first-order valence-electron chi connectivity index (χ1n) is 6.63. The smallest absolute Gasteiger partial charge is 0.131 e. The quantitative estimate of drug-likeness (QED) is 0.790. The number of pyridine rings is 1. The zero-order valence-corrected chi connectivity index (χ0v) is 11.3. The van der Waals surface area contributed by atoms with E-state index >= 15 is 0 Å². The second-order valence-electron chi connectivity index (χ2n) is 4.65. The molecule has 1 unspecified atom stereocenters. The van der Waals surface area contributed by atoms with E-state index in [-0.39, 0.29) is 6.04 Å². The van der Waals surface area contributed by atoms with Gasteiger partial charge in [0.25, 0.3) is 0 Å². The molecule has 17 heavy (non-hydrogen) atoms. The van der Waals surface area contributed by atoms with Crippen LogP contribution in [-0.2, 0) is 6.42 Å². The van der Waals surface area contributed by atoms with Crippen LogP contribution in [0.4, 0.5) is 5.82 Å². The van der Waals surface area contributed by atoms with Gasteiger partial charge in [0.05, 0.1) is 0 Å². The zero-order chi connectivity index (χ0) is 12.7. The maximum absolute atomic E-state index is 5.90. The first-order valence-corrected chi connectivity index (χ1v) is 6.63. The summed E-state index contributed by atoms with van der Waals surface area (Å²) in [7, 11) is 0. The Morgan fingerprint density at radius 2 is 1.94 bits per heavy atom. The van der Waals surface area contributed by atoms with Gasteiger partial charge < -0.3 is 10.6 Å². The molecule has 0 aliphatic carbocycles. The predicted octanol–water partition coefficient (Wildman–Crippen LogP) is 2.60. The third-order valence-electron chi connectivity index (χ3n) is 2.70. The van der Waals surface area contributed by atoms with Gasteiger partial charge in [-0.3, -0.25) is 0 Å². The zero-order valence-electron chi connectivity index (χ0n) is 11.3. The molecule has 3 nitrogen and oxygen atoms in total. The fourth-order valence-corrected chi connectivity index (χ4v) is 2.08. The minimum atomic E-state index is 0.183. The summed E-state index contributed by atoms with van der Waals surface area (Å²) in [6, 6.07) is 4.32. The van der Waals surface area contributed by atoms with Crippen molar-refractivity contribution >= 4 is 5.82 Å². The van der Waals surface area contributed by atoms with E-state index in [9.17, 15) is 0 Å². The Morgan fingerprint density at radius 1 is 1.29 bits per heavy atom. The van der Waals surface area contributed by atoms with Crippen LogP contribution in [0.2, 0.25) is 0 Å². The molecule has 0 aliphatic rings. The maximum atomic E-state index is 5.90. The van der Waals surface area contributed by atoms with E-state index in [1.165, 1.54) is 5.56 Å². The van der Waals surface area contributed by atoms with Crippen molar-refractivity contribution in [1.82, 2.24) is 4.98 Å². The molecule has 0 bridgehead atoms. The summed E-state index contributed by atoms with van der Waals surface area (Å²) < 4.78 is 0. The van der Waals surface area contributed by atoms with Crippen LogP contribution in [0.1, 0.15) is 39.2 Å². The van der Waals surface area contributed by atoms with Crippen molar-refractivity contribution < 1.29 is 0 Å². The van der Waals surface area contributed by atoms with Gasteiger partial charge in [-0.1, -0.05) is 19.9 Å². The lowest BCUT2D eigenvalue weighted by molar-refractivity contribution is 0.704. The van der Waals surface area contributed by atoms with E-state index in [1.54, 1.807) is 0 Å². The van der Waals surface area contributed by atoms with E-state index in [1.807, 2.05) is 19.2 Å². The highest BCUT2D eigenvalue weighted by molar-refractivity contribution is 5.47. The molecule has 1 aromatic heterocycles. The van der Waals surface area contributed by atoms with Crippen LogP contribution in [0.15, 0.2) is 18.3 Å². The molecule has 0 radical (unpaired) electrons. The van der Waals surface area contributed by atoms with Crippen molar-refractivity contribution in [3.8, 4) is 0 Å². The maximum Gasteiger partial charge on any atom is 0.131 e. The van der Waals surface area contributed by atoms with E-state index in [0.717, 1.165) is 38.2 Å². The van der Waals surface area contributed by atoms with Crippen LogP contribution in [0.3, 0.4) is 0 Å². The first-order chi connectivity index (χ1) is 8.19. The van der Waals surface area contributed by atoms with Crippen LogP contribution in [0.5, 0.6) is 0 Å². The summed E-state index contributed by atoms with van der Waals surface area (Å²) in [5.74, 6) is 1.12. The van der Waals surface area contributed by atoms with E-state index < -0.39 is 0 Å². The molecular formula is C14H25N3. The van der Waals surface area contributed by atoms with Crippen molar-refractivity contribution in [3.63, 3.8) is 0 Å². The number of hydrogen-bond donors (Lipinski definition) is 1. The number of hydrogen-bond acceptors (Lipinski definition) is 3. The lowest BCUT2D eigenvalue weighted by Gasteiger charge is -2.25. The van der Waals surface area contributed by atoms with Gasteiger partial charge in [0.2, 0.25) is 0 Å². The normalized spacial score (nSPS) is 12.5. The van der Waals surface area contributed by atoms with Crippen LogP contribution in [-0.4, -0.2) is 24.1 Å². The SMILES string of the molecule is CCCN(CCC)c1ncccc1CC(C)N. The molecule has 1 atom stereocenters. The summed E-state index contributed by atoms with van der Waals surface area (Å²) in [5, 5.41) is 0. The van der Waals surface area contributed by atoms with Crippen molar-refractivity contribution in [2.75, 3.05) is 18.0 Å². The largest absolute Gasteiger partial charge is 0.356 e. The predicted molar refractivity (Wildman–Crippen MR) is 74.4 cm³/mol. The molecule has 0 saturated heterocycles. The van der Waals surface area contributed by atoms with Gasteiger partial charge in [-0.05, 0) is 37.8 Å². The van der Waals surface area contributed by atoms with Gasteiger partial charge in [-0.2, -0.15) is 0 Å². The lowest BCUT2D eigenvalue weighted by atomic mass is 10.1. The first kappa shape index (κ1) is 14.0. The summed E-state index contributed by atoms with van der Waals surface area (Å²) >= 11 is 0. The molecular weight excluding hydrogens is 210 g/mol. The van der Waals surface area contributed by atoms with Gasteiger partial charge in [0, 0.05) is 25.3 Å². The topological polar surface area (TPSA) is 42.2 Å². The van der Waals surface area contributed by atoms with Gasteiger partial charge >= 0.3 is 0 Å². The summed E-state index contributed by atoms with van der Waals surface area (Å²) in [4.78, 5) is 6.91. The Labute approximate surface area is 105 Å². The third kappa shape index (κ3) is 4.35. The molecule has 2 N–H and O–H groups in total. The number of nitrogens with two attached hydrogens (primary N) is 1. The Kier molecular flexibility index (Phi) is 5.98. The minimum Gasteiger partial charge on any atom is -0.356 e. The van der Waals surface area contributed by atoms with Crippen molar-refractivity contribution in [3.05, 3.63) is 23.9 Å². The molecule has 1 rings (SSSR count). The molecule has 0 aromatic carbocycles. The number of nitrogens with zero attached hydrogens (tertiary/aromatic N) is 2. The Morgan fingerprint density at radius 3 is 2.47 bits per heavy atom. The highest BCUT2D eigenvalue weighted by Gasteiger charge is 2.11. The fourth-order valence-electron chi connectivity index (χ4n) is 2.08. The third-order valence-corrected chi connectivity index (χ3v) is 2.70. The summed E-state index contributed by atoms with van der Waals surface area (Å²) in [5.41, 5.74) is 7.16. The van der Waals surface area contributed by atoms with Crippen molar-refractivity contribution in [2.24, 2.45) is 5.73 Å². The van der Waals surface area contributed by atoms with Crippen molar-refractivity contribution in [1.29, 1.82) is 0 Å². The van der Waals surface area contributed by atoms with Crippen LogP contribution in [0, 0.1) is 0 Å². The molecule has 0 amide bonds. The Bertz CT molecular complexity index is 317. The molecule has 0 spiro atoms. The number of anilines is 1. The summed E-state index contributed by atoms with van der Waals surface area (Å²) in [6.07, 6.45) is 5.06. The molecule has 0 saturated carbocycles. The molecule has 96 valence electrons. The monoisotopic (exact) mass is 235 g/mol. The van der Waals surface area contributed by atoms with Crippen LogP contribution < -0.4 is 10.6 Å². The second-order valence-corrected chi connectivity index (χ2v) is 4.65. The minimum absolute atomic E-state index is 0.183. The van der Waals surface area contributed by atoms with Crippen molar-refractivity contribution in [2.45, 2.75) is 46.1 Å². The number of aromatic nitrogens is 1. The molecule has 1 aromatic rings. The van der Waals surface area contributed by atoms with Gasteiger partial charge in [0.1, 0.15) is 5.82 Å². The molecule has 1 heterocycles. The standard InChI is InChI=1S/C14H25N3/c1-4-9-17(10-5-2)14-13(11-12(3)15)7-6-8-16-14/h6-8,12H,4-5,9-11,15H2,1-3H3. The van der Waals surface area contributed by atoms with E-state index in [2.05, 4.69) is 29.8 Å². The Hall–Kier alpha value is -1.09. The molecule has 0 aliphatic heterocycles. The Balaban J connectivity index is 2.91.